The van der Waals surface area contributed by atoms with E-state index in [1.54, 1.807) is 0 Å². The molecule has 0 amide bonds. The van der Waals surface area contributed by atoms with Crippen LogP contribution in [0.15, 0.2) is 72.8 Å². The highest BCUT2D eigenvalue weighted by molar-refractivity contribution is 6.89. The summed E-state index contributed by atoms with van der Waals surface area (Å²) in [6, 6.07) is 26.6. The average molecular weight is 278 g/mol. The molecule has 22 heavy (non-hydrogen) atoms. The van der Waals surface area contributed by atoms with Gasteiger partial charge >= 0.3 is 0 Å². The molecule has 0 bridgehead atoms. The van der Waals surface area contributed by atoms with Crippen LogP contribution in [0, 0.1) is 0 Å². The minimum atomic E-state index is 0.471. The van der Waals surface area contributed by atoms with Crippen molar-refractivity contribution in [2.24, 2.45) is 0 Å². The molecule has 1 aliphatic heterocycles. The largest absolute Gasteiger partial charge is 0.207 e. The minimum absolute atomic E-state index is 0.471. The van der Waals surface area contributed by atoms with Gasteiger partial charge in [-0.3, -0.25) is 0 Å². The number of rotatable bonds is 0. The third-order valence-electron chi connectivity index (χ3n) is 5.11. The Hall–Kier alpha value is -2.54. The van der Waals surface area contributed by atoms with Gasteiger partial charge in [-0.15, -0.1) is 0 Å². The summed E-state index contributed by atoms with van der Waals surface area (Å²) >= 11 is 0. The van der Waals surface area contributed by atoms with Gasteiger partial charge in [0.25, 0.3) is 0 Å². The highest BCUT2D eigenvalue weighted by atomic mass is 14.2. The molecule has 0 saturated carbocycles. The molecule has 4 aromatic rings. The van der Waals surface area contributed by atoms with E-state index in [0.29, 0.717) is 6.71 Å². The van der Waals surface area contributed by atoms with Crippen molar-refractivity contribution in [3.63, 3.8) is 0 Å². The summed E-state index contributed by atoms with van der Waals surface area (Å²) in [5.41, 5.74) is 5.81. The number of benzene rings is 4. The second-order valence-corrected chi connectivity index (χ2v) is 6.22. The molecule has 1 heteroatoms. The second kappa shape index (κ2) is 4.24. The molecule has 0 spiro atoms. The number of hydrogen-bond acceptors (Lipinski definition) is 0. The van der Waals surface area contributed by atoms with E-state index < -0.39 is 0 Å². The Labute approximate surface area is 130 Å². The minimum Gasteiger partial charge on any atom is -0.0774 e. The van der Waals surface area contributed by atoms with Gasteiger partial charge < -0.3 is 0 Å². The summed E-state index contributed by atoms with van der Waals surface area (Å²) in [4.78, 5) is 0. The van der Waals surface area contributed by atoms with Gasteiger partial charge in [0.05, 0.1) is 0 Å². The van der Waals surface area contributed by atoms with Crippen LogP contribution in [-0.4, -0.2) is 6.71 Å². The van der Waals surface area contributed by atoms with Crippen molar-refractivity contribution in [1.82, 2.24) is 0 Å². The molecule has 1 aliphatic rings. The highest BCUT2D eigenvalue weighted by Gasteiger charge is 2.30. The van der Waals surface area contributed by atoms with Gasteiger partial charge in [-0.25, -0.2) is 0 Å². The average Bonchev–Trinajstić information content (AvgIpc) is 2.88. The molecular formula is C21H15B. The summed E-state index contributed by atoms with van der Waals surface area (Å²) in [6.07, 6.45) is 0. The fourth-order valence-corrected chi connectivity index (χ4v) is 4.02. The molecule has 0 fully saturated rings. The molecule has 0 unspecified atom stereocenters. The molecule has 0 atom stereocenters. The monoisotopic (exact) mass is 278 g/mol. The molecule has 0 N–H and O–H groups in total. The van der Waals surface area contributed by atoms with Crippen molar-refractivity contribution < 1.29 is 0 Å². The van der Waals surface area contributed by atoms with E-state index >= 15 is 0 Å². The maximum absolute atomic E-state index is 2.33. The highest BCUT2D eigenvalue weighted by Crippen LogP contribution is 2.35. The zero-order valence-electron chi connectivity index (χ0n) is 12.5. The fraction of sp³-hybridized carbons (Fsp3) is 0.0476. The summed E-state index contributed by atoms with van der Waals surface area (Å²) in [7, 11) is 0. The molecule has 0 aromatic heterocycles. The Bertz CT molecular complexity index is 961. The summed E-state index contributed by atoms with van der Waals surface area (Å²) < 4.78 is 0. The van der Waals surface area contributed by atoms with E-state index in [2.05, 4.69) is 79.6 Å². The van der Waals surface area contributed by atoms with Crippen LogP contribution in [0.4, 0.5) is 0 Å². The van der Waals surface area contributed by atoms with E-state index in [0.717, 1.165) is 0 Å². The lowest BCUT2D eigenvalue weighted by atomic mass is 9.45. The summed E-state index contributed by atoms with van der Waals surface area (Å²) in [5, 5.41) is 5.41. The van der Waals surface area contributed by atoms with E-state index in [9.17, 15) is 0 Å². The van der Waals surface area contributed by atoms with Crippen molar-refractivity contribution in [1.29, 1.82) is 0 Å². The lowest BCUT2D eigenvalue weighted by Crippen LogP contribution is -2.34. The van der Waals surface area contributed by atoms with Crippen molar-refractivity contribution in [3.8, 4) is 11.1 Å². The van der Waals surface area contributed by atoms with Crippen molar-refractivity contribution in [2.45, 2.75) is 6.82 Å². The smallest absolute Gasteiger partial charge is 0.0774 e. The Morgan fingerprint density at radius 1 is 0.545 bits per heavy atom. The van der Waals surface area contributed by atoms with Crippen LogP contribution in [0.25, 0.3) is 32.7 Å². The van der Waals surface area contributed by atoms with Crippen LogP contribution in [0.2, 0.25) is 6.82 Å². The zero-order chi connectivity index (χ0) is 14.7. The molecule has 0 aliphatic carbocycles. The van der Waals surface area contributed by atoms with Gasteiger partial charge in [0, 0.05) is 0 Å². The predicted octanol–water partition coefficient (Wildman–Crippen LogP) is 4.21. The van der Waals surface area contributed by atoms with Gasteiger partial charge in [-0.05, 0) is 32.7 Å². The SMILES string of the molecule is CB1c2ccc3ccccc3c2-c2c1ccc1ccccc21. The molecule has 1 heterocycles. The van der Waals surface area contributed by atoms with Crippen molar-refractivity contribution >= 4 is 39.2 Å². The first kappa shape index (κ1) is 12.1. The van der Waals surface area contributed by atoms with E-state index in [1.807, 2.05) is 0 Å². The Morgan fingerprint density at radius 3 is 1.50 bits per heavy atom. The fourth-order valence-electron chi connectivity index (χ4n) is 4.02. The van der Waals surface area contributed by atoms with Crippen LogP contribution in [-0.2, 0) is 0 Å². The van der Waals surface area contributed by atoms with Gasteiger partial charge in [0.15, 0.2) is 0 Å². The molecule has 102 valence electrons. The van der Waals surface area contributed by atoms with Crippen molar-refractivity contribution in [3.05, 3.63) is 72.8 Å². The molecule has 0 nitrogen and oxygen atoms in total. The third-order valence-corrected chi connectivity index (χ3v) is 5.11. The molecule has 4 aromatic carbocycles. The first-order valence-electron chi connectivity index (χ1n) is 7.88. The normalized spacial score (nSPS) is 12.7. The predicted molar refractivity (Wildman–Crippen MR) is 97.8 cm³/mol. The molecule has 5 rings (SSSR count). The van der Waals surface area contributed by atoms with Crippen LogP contribution in [0.3, 0.4) is 0 Å². The number of hydrogen-bond donors (Lipinski definition) is 0. The van der Waals surface area contributed by atoms with Gasteiger partial charge in [0.1, 0.15) is 0 Å². The quantitative estimate of drug-likeness (QED) is 0.423. The molecular weight excluding hydrogens is 263 g/mol. The van der Waals surface area contributed by atoms with Gasteiger partial charge in [-0.1, -0.05) is 90.5 Å². The first-order chi connectivity index (χ1) is 10.8. The van der Waals surface area contributed by atoms with Crippen LogP contribution in [0.5, 0.6) is 0 Å². The lowest BCUT2D eigenvalue weighted by Gasteiger charge is -2.10. The summed E-state index contributed by atoms with van der Waals surface area (Å²) in [5.74, 6) is 0. The first-order valence-corrected chi connectivity index (χ1v) is 7.88. The Balaban J connectivity index is 2.03. The van der Waals surface area contributed by atoms with E-state index in [-0.39, 0.29) is 0 Å². The van der Waals surface area contributed by atoms with Crippen LogP contribution < -0.4 is 10.9 Å². The second-order valence-electron chi connectivity index (χ2n) is 6.22. The van der Waals surface area contributed by atoms with Crippen LogP contribution >= 0.6 is 0 Å². The van der Waals surface area contributed by atoms with E-state index in [4.69, 9.17) is 0 Å². The zero-order valence-corrected chi connectivity index (χ0v) is 12.5. The third kappa shape index (κ3) is 1.43. The molecule has 0 saturated heterocycles. The van der Waals surface area contributed by atoms with Gasteiger partial charge in [-0.2, -0.15) is 0 Å². The molecule has 0 radical (unpaired) electrons. The lowest BCUT2D eigenvalue weighted by molar-refractivity contribution is 1.75. The standard InChI is InChI=1S/C21H15B/c1-22-18-12-10-14-6-2-4-8-16(14)20(18)21-17-9-5-3-7-15(17)11-13-19(21)22/h2-13H,1H3. The van der Waals surface area contributed by atoms with Crippen molar-refractivity contribution in [2.75, 3.05) is 0 Å². The van der Waals surface area contributed by atoms with E-state index in [1.165, 1.54) is 43.6 Å². The maximum Gasteiger partial charge on any atom is 0.207 e. The Morgan fingerprint density at radius 2 is 1.00 bits per heavy atom. The Kier molecular flexibility index (Phi) is 2.32. The van der Waals surface area contributed by atoms with Crippen LogP contribution in [0.1, 0.15) is 0 Å². The maximum atomic E-state index is 2.33. The topological polar surface area (TPSA) is 0 Å². The summed E-state index contributed by atoms with van der Waals surface area (Å²) in [6.45, 7) is 2.80. The van der Waals surface area contributed by atoms with Gasteiger partial charge in [0.2, 0.25) is 6.71 Å². The number of fused-ring (bicyclic) bond motifs is 7.